The van der Waals surface area contributed by atoms with Crippen molar-refractivity contribution in [2.24, 2.45) is 5.92 Å². The minimum atomic E-state index is -0.526. The zero-order valence-corrected chi connectivity index (χ0v) is 14.8. The Balaban J connectivity index is 1.79. The molecule has 3 atom stereocenters. The molecule has 1 N–H and O–H groups in total. The standard InChI is InChI=1S/C19H26N2O3/c1-12-9-10-21(17(12)22)16-11-15(13-7-5-6-8-14(13)16)20-18(23)24-19(2,3)4/h5-8,12,15-16H,9-11H2,1-4H3,(H,20,23). The molecule has 1 fully saturated rings. The number of nitrogens with one attached hydrogen (secondary N) is 1. The Kier molecular flexibility index (Phi) is 4.28. The minimum Gasteiger partial charge on any atom is -0.444 e. The van der Waals surface area contributed by atoms with Crippen molar-refractivity contribution >= 4 is 12.0 Å². The summed E-state index contributed by atoms with van der Waals surface area (Å²) in [6.45, 7) is 8.32. The van der Waals surface area contributed by atoms with Crippen LogP contribution in [0.15, 0.2) is 24.3 Å². The Labute approximate surface area is 143 Å². The molecule has 2 amide bonds. The summed E-state index contributed by atoms with van der Waals surface area (Å²) in [5, 5.41) is 2.97. The van der Waals surface area contributed by atoms with E-state index in [0.717, 1.165) is 24.1 Å². The molecule has 3 unspecified atom stereocenters. The van der Waals surface area contributed by atoms with Gasteiger partial charge in [-0.05, 0) is 44.7 Å². The molecular weight excluding hydrogens is 304 g/mol. The number of nitrogens with zero attached hydrogens (tertiary/aromatic N) is 1. The molecule has 5 nitrogen and oxygen atoms in total. The fourth-order valence-electron chi connectivity index (χ4n) is 3.65. The van der Waals surface area contributed by atoms with E-state index in [-0.39, 0.29) is 23.9 Å². The van der Waals surface area contributed by atoms with Crippen LogP contribution in [-0.2, 0) is 9.53 Å². The maximum atomic E-state index is 12.4. The molecule has 24 heavy (non-hydrogen) atoms. The number of carbonyl (C=O) groups is 2. The van der Waals surface area contributed by atoms with E-state index in [1.54, 1.807) is 0 Å². The fraction of sp³-hybridized carbons (Fsp3) is 0.579. The number of ether oxygens (including phenoxy) is 1. The molecule has 0 spiro atoms. The van der Waals surface area contributed by atoms with Crippen LogP contribution >= 0.6 is 0 Å². The lowest BCUT2D eigenvalue weighted by molar-refractivity contribution is -0.132. The largest absolute Gasteiger partial charge is 0.444 e. The number of benzene rings is 1. The van der Waals surface area contributed by atoms with Gasteiger partial charge in [-0.3, -0.25) is 4.79 Å². The number of likely N-dealkylation sites (tertiary alicyclic amines) is 1. The number of amides is 2. The van der Waals surface area contributed by atoms with Gasteiger partial charge in [-0.15, -0.1) is 0 Å². The summed E-state index contributed by atoms with van der Waals surface area (Å²) in [4.78, 5) is 26.6. The van der Waals surface area contributed by atoms with E-state index >= 15 is 0 Å². The van der Waals surface area contributed by atoms with Crippen LogP contribution in [0.25, 0.3) is 0 Å². The molecule has 0 saturated carbocycles. The van der Waals surface area contributed by atoms with Gasteiger partial charge in [-0.1, -0.05) is 31.2 Å². The van der Waals surface area contributed by atoms with Crippen LogP contribution in [0.4, 0.5) is 4.79 Å². The van der Waals surface area contributed by atoms with Gasteiger partial charge in [0.25, 0.3) is 0 Å². The van der Waals surface area contributed by atoms with Gasteiger partial charge in [0.1, 0.15) is 5.60 Å². The predicted octanol–water partition coefficient (Wildman–Crippen LogP) is 3.57. The topological polar surface area (TPSA) is 58.6 Å². The number of rotatable bonds is 2. The normalized spacial score (nSPS) is 26.4. The van der Waals surface area contributed by atoms with E-state index in [0.29, 0.717) is 6.42 Å². The third kappa shape index (κ3) is 3.25. The summed E-state index contributed by atoms with van der Waals surface area (Å²) < 4.78 is 5.38. The highest BCUT2D eigenvalue weighted by atomic mass is 16.6. The summed E-state index contributed by atoms with van der Waals surface area (Å²) in [5.41, 5.74) is 1.70. The van der Waals surface area contributed by atoms with Crippen LogP contribution in [0.3, 0.4) is 0 Å². The lowest BCUT2D eigenvalue weighted by Crippen LogP contribution is -2.35. The number of fused-ring (bicyclic) bond motifs is 1. The third-order valence-corrected chi connectivity index (χ3v) is 4.76. The van der Waals surface area contributed by atoms with Crippen molar-refractivity contribution in [3.63, 3.8) is 0 Å². The Bertz CT molecular complexity index is 650. The highest BCUT2D eigenvalue weighted by Crippen LogP contribution is 2.44. The summed E-state index contributed by atoms with van der Waals surface area (Å²) in [7, 11) is 0. The van der Waals surface area contributed by atoms with Gasteiger partial charge < -0.3 is 15.0 Å². The van der Waals surface area contributed by atoms with Crippen LogP contribution in [0, 0.1) is 5.92 Å². The summed E-state index contributed by atoms with van der Waals surface area (Å²) >= 11 is 0. The first-order chi connectivity index (χ1) is 11.3. The SMILES string of the molecule is CC1CCN(C2CC(NC(=O)OC(C)(C)C)c3ccccc32)C1=O. The van der Waals surface area contributed by atoms with Gasteiger partial charge in [0.15, 0.2) is 0 Å². The van der Waals surface area contributed by atoms with Crippen molar-refractivity contribution in [3.8, 4) is 0 Å². The van der Waals surface area contributed by atoms with E-state index in [1.807, 2.05) is 50.8 Å². The van der Waals surface area contributed by atoms with E-state index in [2.05, 4.69) is 11.4 Å². The molecule has 1 aliphatic carbocycles. The molecule has 0 radical (unpaired) electrons. The van der Waals surface area contributed by atoms with Crippen LogP contribution in [0.1, 0.15) is 63.7 Å². The molecule has 0 aromatic heterocycles. The van der Waals surface area contributed by atoms with Crippen LogP contribution in [0.2, 0.25) is 0 Å². The molecule has 1 saturated heterocycles. The Morgan fingerprint density at radius 3 is 2.50 bits per heavy atom. The highest BCUT2D eigenvalue weighted by molar-refractivity contribution is 5.81. The molecule has 1 aliphatic heterocycles. The average Bonchev–Trinajstić information content (AvgIpc) is 2.99. The Hall–Kier alpha value is -2.04. The fourth-order valence-corrected chi connectivity index (χ4v) is 3.65. The second-order valence-electron chi connectivity index (χ2n) is 7.80. The Morgan fingerprint density at radius 2 is 1.92 bits per heavy atom. The quantitative estimate of drug-likeness (QED) is 0.902. The van der Waals surface area contributed by atoms with Crippen molar-refractivity contribution in [2.45, 2.75) is 58.2 Å². The van der Waals surface area contributed by atoms with Gasteiger partial charge >= 0.3 is 6.09 Å². The maximum Gasteiger partial charge on any atom is 0.408 e. The molecule has 5 heteroatoms. The first-order valence-corrected chi connectivity index (χ1v) is 8.65. The monoisotopic (exact) mass is 330 g/mol. The third-order valence-electron chi connectivity index (χ3n) is 4.76. The molecule has 1 aromatic rings. The highest BCUT2D eigenvalue weighted by Gasteiger charge is 2.41. The summed E-state index contributed by atoms with van der Waals surface area (Å²) in [5.74, 6) is 0.308. The molecule has 1 aromatic carbocycles. The Morgan fingerprint density at radius 1 is 1.25 bits per heavy atom. The first-order valence-electron chi connectivity index (χ1n) is 8.65. The molecule has 130 valence electrons. The van der Waals surface area contributed by atoms with Crippen molar-refractivity contribution in [3.05, 3.63) is 35.4 Å². The predicted molar refractivity (Wildman–Crippen MR) is 91.4 cm³/mol. The van der Waals surface area contributed by atoms with Gasteiger partial charge in [0.05, 0.1) is 12.1 Å². The lowest BCUT2D eigenvalue weighted by Gasteiger charge is -2.26. The molecule has 3 rings (SSSR count). The summed E-state index contributed by atoms with van der Waals surface area (Å²) in [6, 6.07) is 7.97. The number of alkyl carbamates (subject to hydrolysis) is 1. The van der Waals surface area contributed by atoms with Crippen LogP contribution < -0.4 is 5.32 Å². The lowest BCUT2D eigenvalue weighted by atomic mass is 10.1. The van der Waals surface area contributed by atoms with Crippen molar-refractivity contribution in [1.82, 2.24) is 10.2 Å². The van der Waals surface area contributed by atoms with Gasteiger partial charge in [0, 0.05) is 12.5 Å². The molecule has 1 heterocycles. The smallest absolute Gasteiger partial charge is 0.408 e. The molecular formula is C19H26N2O3. The van der Waals surface area contributed by atoms with Crippen molar-refractivity contribution in [1.29, 1.82) is 0 Å². The van der Waals surface area contributed by atoms with E-state index in [1.165, 1.54) is 0 Å². The number of carbonyl (C=O) groups excluding carboxylic acids is 2. The zero-order valence-electron chi connectivity index (χ0n) is 14.8. The van der Waals surface area contributed by atoms with Crippen LogP contribution in [-0.4, -0.2) is 29.0 Å². The van der Waals surface area contributed by atoms with E-state index in [4.69, 9.17) is 4.74 Å². The number of hydrogen-bond acceptors (Lipinski definition) is 3. The van der Waals surface area contributed by atoms with Gasteiger partial charge in [-0.25, -0.2) is 4.79 Å². The second kappa shape index (κ2) is 6.11. The number of hydrogen-bond donors (Lipinski definition) is 1. The second-order valence-corrected chi connectivity index (χ2v) is 7.80. The van der Waals surface area contributed by atoms with Gasteiger partial charge in [0.2, 0.25) is 5.91 Å². The minimum absolute atomic E-state index is 0.0404. The van der Waals surface area contributed by atoms with Crippen LogP contribution in [0.5, 0.6) is 0 Å². The van der Waals surface area contributed by atoms with E-state index < -0.39 is 11.7 Å². The first kappa shape index (κ1) is 16.8. The van der Waals surface area contributed by atoms with Crippen molar-refractivity contribution in [2.75, 3.05) is 6.54 Å². The average molecular weight is 330 g/mol. The maximum absolute atomic E-state index is 12.4. The van der Waals surface area contributed by atoms with Crippen molar-refractivity contribution < 1.29 is 14.3 Å². The zero-order chi connectivity index (χ0) is 17.5. The molecule has 2 aliphatic rings. The molecule has 0 bridgehead atoms. The van der Waals surface area contributed by atoms with E-state index in [9.17, 15) is 9.59 Å². The summed E-state index contributed by atoms with van der Waals surface area (Å²) in [6.07, 6.45) is 1.20. The van der Waals surface area contributed by atoms with Gasteiger partial charge in [-0.2, -0.15) is 0 Å².